The second-order valence-corrected chi connectivity index (χ2v) is 10.7. The van der Waals surface area contributed by atoms with E-state index in [9.17, 15) is 16.8 Å². The van der Waals surface area contributed by atoms with Gasteiger partial charge < -0.3 is 5.32 Å². The van der Waals surface area contributed by atoms with E-state index >= 15 is 0 Å². The van der Waals surface area contributed by atoms with Crippen molar-refractivity contribution in [3.63, 3.8) is 0 Å². The van der Waals surface area contributed by atoms with E-state index in [0.717, 1.165) is 17.6 Å². The molecule has 26 heavy (non-hydrogen) atoms. The molecule has 6 nitrogen and oxygen atoms in total. The summed E-state index contributed by atoms with van der Waals surface area (Å²) in [6.07, 6.45) is 2.32. The first-order valence-electron chi connectivity index (χ1n) is 7.51. The molecule has 136 valence electrons. The number of anilines is 1. The third-order valence-electron chi connectivity index (χ3n) is 3.72. The molecule has 9 heteroatoms. The van der Waals surface area contributed by atoms with Crippen molar-refractivity contribution in [3.8, 4) is 11.1 Å². The SMILES string of the molecule is CNc1ncc(S(=O)(=O)c2cc(S(C)(=O)=O)ccc2-c2ccccc2)s1. The van der Waals surface area contributed by atoms with Crippen LogP contribution in [0.3, 0.4) is 0 Å². The highest BCUT2D eigenvalue weighted by Crippen LogP contribution is 2.35. The van der Waals surface area contributed by atoms with Crippen LogP contribution < -0.4 is 5.32 Å². The van der Waals surface area contributed by atoms with E-state index in [1.165, 1.54) is 24.4 Å². The summed E-state index contributed by atoms with van der Waals surface area (Å²) in [4.78, 5) is 3.91. The van der Waals surface area contributed by atoms with Gasteiger partial charge in [0, 0.05) is 18.9 Å². The quantitative estimate of drug-likeness (QED) is 0.697. The lowest BCUT2D eigenvalue weighted by Gasteiger charge is -2.11. The predicted octanol–water partition coefficient (Wildman–Crippen LogP) is 3.09. The predicted molar refractivity (Wildman–Crippen MR) is 102 cm³/mol. The molecule has 1 N–H and O–H groups in total. The molecule has 0 atom stereocenters. The first kappa shape index (κ1) is 18.6. The summed E-state index contributed by atoms with van der Waals surface area (Å²) < 4.78 is 50.3. The molecule has 0 bridgehead atoms. The lowest BCUT2D eigenvalue weighted by molar-refractivity contribution is 0.597. The highest BCUT2D eigenvalue weighted by atomic mass is 32.2. The third-order valence-corrected chi connectivity index (χ3v) is 8.10. The first-order chi connectivity index (χ1) is 12.2. The smallest absolute Gasteiger partial charge is 0.218 e. The van der Waals surface area contributed by atoms with Gasteiger partial charge in [-0.3, -0.25) is 0 Å². The van der Waals surface area contributed by atoms with Crippen LogP contribution in [-0.4, -0.2) is 35.1 Å². The molecule has 3 aromatic rings. The van der Waals surface area contributed by atoms with Crippen molar-refractivity contribution in [2.24, 2.45) is 0 Å². The summed E-state index contributed by atoms with van der Waals surface area (Å²) in [7, 11) is -5.85. The van der Waals surface area contributed by atoms with E-state index in [2.05, 4.69) is 10.3 Å². The molecule has 0 fully saturated rings. The minimum Gasteiger partial charge on any atom is -0.365 e. The maximum atomic E-state index is 13.2. The zero-order chi connectivity index (χ0) is 18.9. The number of nitrogens with one attached hydrogen (secondary N) is 1. The summed E-state index contributed by atoms with van der Waals surface area (Å²) in [5.74, 6) is 0. The average Bonchev–Trinajstić information content (AvgIpc) is 3.11. The molecule has 0 radical (unpaired) electrons. The average molecular weight is 409 g/mol. The van der Waals surface area contributed by atoms with Crippen molar-refractivity contribution in [1.82, 2.24) is 4.98 Å². The second kappa shape index (κ2) is 6.82. The summed E-state index contributed by atoms with van der Waals surface area (Å²) in [5, 5.41) is 3.26. The van der Waals surface area contributed by atoms with E-state index < -0.39 is 19.7 Å². The van der Waals surface area contributed by atoms with Crippen molar-refractivity contribution in [2.75, 3.05) is 18.6 Å². The number of sulfone groups is 2. The van der Waals surface area contributed by atoms with Crippen molar-refractivity contribution < 1.29 is 16.8 Å². The Morgan fingerprint density at radius 3 is 2.27 bits per heavy atom. The Balaban J connectivity index is 2.29. The van der Waals surface area contributed by atoms with E-state index in [-0.39, 0.29) is 14.0 Å². The molecule has 1 aromatic heterocycles. The van der Waals surface area contributed by atoms with Crippen molar-refractivity contribution >= 4 is 36.1 Å². The standard InChI is InChI=1S/C17H16N2O4S3/c1-18-17-19-11-16(24-17)26(22,23)15-10-13(25(2,20)21)8-9-14(15)12-6-4-3-5-7-12/h3-11H,1-2H3,(H,18,19). The zero-order valence-corrected chi connectivity index (χ0v) is 16.5. The number of nitrogens with zero attached hydrogens (tertiary/aromatic N) is 1. The van der Waals surface area contributed by atoms with Crippen LogP contribution in [0.4, 0.5) is 5.13 Å². The highest BCUT2D eigenvalue weighted by molar-refractivity contribution is 7.94. The highest BCUT2D eigenvalue weighted by Gasteiger charge is 2.26. The topological polar surface area (TPSA) is 93.2 Å². The van der Waals surface area contributed by atoms with Gasteiger partial charge in [-0.15, -0.1) is 0 Å². The Bertz CT molecular complexity index is 1150. The third kappa shape index (κ3) is 3.50. The molecular formula is C17H16N2O4S3. The molecule has 0 aliphatic rings. The number of aromatic nitrogens is 1. The lowest BCUT2D eigenvalue weighted by atomic mass is 10.1. The largest absolute Gasteiger partial charge is 0.365 e. The van der Waals surface area contributed by atoms with Gasteiger partial charge in [-0.25, -0.2) is 21.8 Å². The molecule has 0 saturated heterocycles. The number of hydrogen-bond acceptors (Lipinski definition) is 7. The molecule has 0 amide bonds. The maximum Gasteiger partial charge on any atom is 0.218 e. The van der Waals surface area contributed by atoms with Crippen LogP contribution in [0.15, 0.2) is 68.7 Å². The Labute approximate surface area is 156 Å². The van der Waals surface area contributed by atoms with Crippen LogP contribution in [-0.2, 0) is 19.7 Å². The van der Waals surface area contributed by atoms with E-state index in [0.29, 0.717) is 16.3 Å². The van der Waals surface area contributed by atoms with Crippen molar-refractivity contribution in [3.05, 3.63) is 54.7 Å². The van der Waals surface area contributed by atoms with Crippen LogP contribution in [0.2, 0.25) is 0 Å². The Morgan fingerprint density at radius 2 is 1.69 bits per heavy atom. The molecule has 0 aliphatic heterocycles. The Morgan fingerprint density at radius 1 is 1.00 bits per heavy atom. The molecule has 1 heterocycles. The fraction of sp³-hybridized carbons (Fsp3) is 0.118. The second-order valence-electron chi connectivity index (χ2n) is 5.53. The van der Waals surface area contributed by atoms with Gasteiger partial charge >= 0.3 is 0 Å². The molecule has 3 rings (SSSR count). The van der Waals surface area contributed by atoms with Crippen LogP contribution in [0.25, 0.3) is 11.1 Å². The summed E-state index contributed by atoms with van der Waals surface area (Å²) >= 11 is 0.992. The van der Waals surface area contributed by atoms with Gasteiger partial charge in [0.05, 0.1) is 16.0 Å². The van der Waals surface area contributed by atoms with Crippen LogP contribution >= 0.6 is 11.3 Å². The molecule has 0 aliphatic carbocycles. The molecule has 0 unspecified atom stereocenters. The maximum absolute atomic E-state index is 13.2. The van der Waals surface area contributed by atoms with Crippen molar-refractivity contribution in [2.45, 2.75) is 14.0 Å². The van der Waals surface area contributed by atoms with Gasteiger partial charge in [-0.1, -0.05) is 47.7 Å². The van der Waals surface area contributed by atoms with E-state index in [1.54, 1.807) is 31.3 Å². The van der Waals surface area contributed by atoms with Crippen LogP contribution in [0, 0.1) is 0 Å². The molecular weight excluding hydrogens is 392 g/mol. The fourth-order valence-corrected chi connectivity index (χ4v) is 5.76. The van der Waals surface area contributed by atoms with Crippen LogP contribution in [0.5, 0.6) is 0 Å². The Hall–Kier alpha value is -2.23. The monoisotopic (exact) mass is 408 g/mol. The van der Waals surface area contributed by atoms with Crippen molar-refractivity contribution in [1.29, 1.82) is 0 Å². The van der Waals surface area contributed by atoms with Gasteiger partial charge in [-0.2, -0.15) is 0 Å². The zero-order valence-electron chi connectivity index (χ0n) is 14.0. The number of hydrogen-bond donors (Lipinski definition) is 1. The summed E-state index contributed by atoms with van der Waals surface area (Å²) in [6.45, 7) is 0. The minimum absolute atomic E-state index is 0.0460. The minimum atomic E-state index is -3.94. The fourth-order valence-electron chi connectivity index (χ4n) is 2.42. The van der Waals surface area contributed by atoms with Gasteiger partial charge in [0.2, 0.25) is 9.84 Å². The van der Waals surface area contributed by atoms with Gasteiger partial charge in [0.1, 0.15) is 4.21 Å². The van der Waals surface area contributed by atoms with Gasteiger partial charge in [0.25, 0.3) is 0 Å². The molecule has 0 spiro atoms. The van der Waals surface area contributed by atoms with Gasteiger partial charge in [-0.05, 0) is 17.7 Å². The molecule has 0 saturated carbocycles. The number of rotatable bonds is 5. The summed E-state index contributed by atoms with van der Waals surface area (Å²) in [6, 6.07) is 13.1. The first-order valence-corrected chi connectivity index (χ1v) is 11.7. The number of benzene rings is 2. The van der Waals surface area contributed by atoms with E-state index in [4.69, 9.17) is 0 Å². The lowest BCUT2D eigenvalue weighted by Crippen LogP contribution is -2.05. The summed E-state index contributed by atoms with van der Waals surface area (Å²) in [5.41, 5.74) is 1.13. The van der Waals surface area contributed by atoms with Crippen LogP contribution in [0.1, 0.15) is 0 Å². The van der Waals surface area contributed by atoms with Gasteiger partial charge in [0.15, 0.2) is 15.0 Å². The number of thiazole rings is 1. The van der Waals surface area contributed by atoms with E-state index in [1.807, 2.05) is 6.07 Å². The molecule has 2 aromatic carbocycles. The normalized spacial score (nSPS) is 12.1. The Kier molecular flexibility index (Phi) is 4.87.